The van der Waals surface area contributed by atoms with Crippen LogP contribution in [0.1, 0.15) is 12.5 Å². The third-order valence-corrected chi connectivity index (χ3v) is 4.55. The summed E-state index contributed by atoms with van der Waals surface area (Å²) in [6.07, 6.45) is 0. The summed E-state index contributed by atoms with van der Waals surface area (Å²) in [5.41, 5.74) is 1.47. The molecule has 6 nitrogen and oxygen atoms in total. The minimum atomic E-state index is -3.67. The highest BCUT2D eigenvalue weighted by Crippen LogP contribution is 2.19. The molecule has 0 aliphatic heterocycles. The van der Waals surface area contributed by atoms with Crippen molar-refractivity contribution < 1.29 is 17.9 Å². The van der Waals surface area contributed by atoms with Crippen LogP contribution >= 0.6 is 0 Å². The summed E-state index contributed by atoms with van der Waals surface area (Å²) in [5.74, 6) is 0.200. The lowest BCUT2D eigenvalue weighted by molar-refractivity contribution is -0.122. The van der Waals surface area contributed by atoms with Gasteiger partial charge >= 0.3 is 0 Å². The zero-order valence-electron chi connectivity index (χ0n) is 13.6. The molecule has 2 N–H and O–H groups in total. The lowest BCUT2D eigenvalue weighted by atomic mass is 10.2. The van der Waals surface area contributed by atoms with E-state index in [-0.39, 0.29) is 17.4 Å². The van der Waals surface area contributed by atoms with E-state index in [4.69, 9.17) is 4.74 Å². The normalized spacial score (nSPS) is 10.9. The molecule has 0 aliphatic carbocycles. The number of hydrogen-bond donors (Lipinski definition) is 2. The van der Waals surface area contributed by atoms with E-state index in [9.17, 15) is 13.2 Å². The summed E-state index contributed by atoms with van der Waals surface area (Å²) in [6.45, 7) is 4.13. The number of ether oxygens (including phenoxy) is 1. The monoisotopic (exact) mass is 348 g/mol. The first-order valence-corrected chi connectivity index (χ1v) is 8.98. The summed E-state index contributed by atoms with van der Waals surface area (Å²) in [4.78, 5) is 11.5. The number of amides is 1. The Morgan fingerprint density at radius 2 is 1.83 bits per heavy atom. The number of benzene rings is 2. The topological polar surface area (TPSA) is 84.5 Å². The van der Waals surface area contributed by atoms with E-state index >= 15 is 0 Å². The van der Waals surface area contributed by atoms with Gasteiger partial charge in [0.25, 0.3) is 15.9 Å². The maximum absolute atomic E-state index is 12.4. The standard InChI is InChI=1S/C17H20N2O4S/c1-3-18-17(20)12-23-15-7-9-16(10-8-15)24(21,22)19-14-6-4-5-13(2)11-14/h4-11,19H,3,12H2,1-2H3,(H,18,20). The molecule has 7 heteroatoms. The molecule has 2 aromatic carbocycles. The number of nitrogens with one attached hydrogen (secondary N) is 2. The van der Waals surface area contributed by atoms with Gasteiger partial charge in [0.15, 0.2) is 6.61 Å². The van der Waals surface area contributed by atoms with E-state index in [1.807, 2.05) is 19.9 Å². The molecule has 128 valence electrons. The van der Waals surface area contributed by atoms with Gasteiger partial charge in [-0.2, -0.15) is 0 Å². The molecule has 0 atom stereocenters. The van der Waals surface area contributed by atoms with Gasteiger partial charge in [0.2, 0.25) is 0 Å². The number of likely N-dealkylation sites (N-methyl/N-ethyl adjacent to an activating group) is 1. The van der Waals surface area contributed by atoms with E-state index in [0.29, 0.717) is 18.0 Å². The predicted octanol–water partition coefficient (Wildman–Crippen LogP) is 2.31. The Balaban J connectivity index is 2.04. The van der Waals surface area contributed by atoms with Crippen LogP contribution in [0.4, 0.5) is 5.69 Å². The lowest BCUT2D eigenvalue weighted by Gasteiger charge is -2.10. The van der Waals surface area contributed by atoms with Gasteiger partial charge in [0.05, 0.1) is 4.90 Å². The summed E-state index contributed by atoms with van der Waals surface area (Å²) >= 11 is 0. The average Bonchev–Trinajstić information content (AvgIpc) is 2.53. The fourth-order valence-electron chi connectivity index (χ4n) is 2.03. The molecular weight excluding hydrogens is 328 g/mol. The summed E-state index contributed by atoms with van der Waals surface area (Å²) < 4.78 is 32.5. The lowest BCUT2D eigenvalue weighted by Crippen LogP contribution is -2.28. The van der Waals surface area contributed by atoms with Gasteiger partial charge in [0.1, 0.15) is 5.75 Å². The number of anilines is 1. The number of carbonyl (C=O) groups is 1. The van der Waals surface area contributed by atoms with Crippen molar-refractivity contribution in [3.8, 4) is 5.75 Å². The fourth-order valence-corrected chi connectivity index (χ4v) is 3.08. The Labute approximate surface area is 141 Å². The smallest absolute Gasteiger partial charge is 0.261 e. The van der Waals surface area contributed by atoms with Gasteiger partial charge in [-0.05, 0) is 55.8 Å². The van der Waals surface area contributed by atoms with Crippen LogP contribution in [0.2, 0.25) is 0 Å². The highest BCUT2D eigenvalue weighted by molar-refractivity contribution is 7.92. The van der Waals surface area contributed by atoms with Gasteiger partial charge in [-0.25, -0.2) is 8.42 Å². The second-order valence-corrected chi connectivity index (χ2v) is 6.87. The van der Waals surface area contributed by atoms with Crippen molar-refractivity contribution in [2.24, 2.45) is 0 Å². The Bertz CT molecular complexity index is 802. The molecule has 0 bridgehead atoms. The summed E-state index contributed by atoms with van der Waals surface area (Å²) in [7, 11) is -3.67. The first kappa shape index (κ1) is 17.8. The van der Waals surface area contributed by atoms with Crippen LogP contribution < -0.4 is 14.8 Å². The number of aryl methyl sites for hydroxylation is 1. The molecular formula is C17H20N2O4S. The van der Waals surface area contributed by atoms with Crippen LogP contribution in [0.25, 0.3) is 0 Å². The van der Waals surface area contributed by atoms with Crippen LogP contribution in [-0.4, -0.2) is 27.5 Å². The Morgan fingerprint density at radius 3 is 2.46 bits per heavy atom. The first-order chi connectivity index (χ1) is 11.4. The van der Waals surface area contributed by atoms with Gasteiger partial charge in [-0.15, -0.1) is 0 Å². The molecule has 0 unspecified atom stereocenters. The van der Waals surface area contributed by atoms with Crippen LogP contribution in [0.15, 0.2) is 53.4 Å². The summed E-state index contributed by atoms with van der Waals surface area (Å²) in [5, 5.41) is 2.61. The SMILES string of the molecule is CCNC(=O)COc1ccc(S(=O)(=O)Nc2cccc(C)c2)cc1. The minimum absolute atomic E-state index is 0.110. The zero-order valence-corrected chi connectivity index (χ0v) is 14.4. The van der Waals surface area contributed by atoms with E-state index in [2.05, 4.69) is 10.0 Å². The molecule has 24 heavy (non-hydrogen) atoms. The van der Waals surface area contributed by atoms with Gasteiger partial charge < -0.3 is 10.1 Å². The Kier molecular flexibility index (Phi) is 5.81. The molecule has 0 saturated heterocycles. The maximum Gasteiger partial charge on any atom is 0.261 e. The largest absolute Gasteiger partial charge is 0.484 e. The molecule has 0 aromatic heterocycles. The van der Waals surface area contributed by atoms with Crippen LogP contribution in [0.3, 0.4) is 0 Å². The van der Waals surface area contributed by atoms with Crippen molar-refractivity contribution in [1.82, 2.24) is 5.32 Å². The zero-order chi connectivity index (χ0) is 17.6. The molecule has 1 amide bonds. The van der Waals surface area contributed by atoms with E-state index < -0.39 is 10.0 Å². The van der Waals surface area contributed by atoms with Gasteiger partial charge in [-0.3, -0.25) is 9.52 Å². The van der Waals surface area contributed by atoms with Crippen molar-refractivity contribution in [2.75, 3.05) is 17.9 Å². The van der Waals surface area contributed by atoms with Crippen LogP contribution in [0, 0.1) is 6.92 Å². The molecule has 0 saturated carbocycles. The van der Waals surface area contributed by atoms with Crippen LogP contribution in [-0.2, 0) is 14.8 Å². The van der Waals surface area contributed by atoms with E-state index in [0.717, 1.165) is 5.56 Å². The molecule has 2 rings (SSSR count). The highest BCUT2D eigenvalue weighted by atomic mass is 32.2. The second kappa shape index (κ2) is 7.83. The third kappa shape index (κ3) is 4.99. The second-order valence-electron chi connectivity index (χ2n) is 5.19. The Hall–Kier alpha value is -2.54. The highest BCUT2D eigenvalue weighted by Gasteiger charge is 2.14. The van der Waals surface area contributed by atoms with E-state index in [1.165, 1.54) is 24.3 Å². The summed E-state index contributed by atoms with van der Waals surface area (Å²) in [6, 6.07) is 13.0. The average molecular weight is 348 g/mol. The number of sulfonamides is 1. The predicted molar refractivity (Wildman–Crippen MR) is 92.6 cm³/mol. The first-order valence-electron chi connectivity index (χ1n) is 7.50. The van der Waals surface area contributed by atoms with Crippen molar-refractivity contribution in [3.05, 3.63) is 54.1 Å². The maximum atomic E-state index is 12.4. The molecule has 0 heterocycles. The molecule has 0 fully saturated rings. The van der Waals surface area contributed by atoms with Crippen LogP contribution in [0.5, 0.6) is 5.75 Å². The molecule has 0 aliphatic rings. The number of rotatable bonds is 7. The molecule has 2 aromatic rings. The van der Waals surface area contributed by atoms with E-state index in [1.54, 1.807) is 18.2 Å². The van der Waals surface area contributed by atoms with Crippen molar-refractivity contribution >= 4 is 21.6 Å². The number of hydrogen-bond acceptors (Lipinski definition) is 4. The Morgan fingerprint density at radius 1 is 1.12 bits per heavy atom. The quantitative estimate of drug-likeness (QED) is 0.804. The molecule has 0 radical (unpaired) electrons. The number of carbonyl (C=O) groups excluding carboxylic acids is 1. The van der Waals surface area contributed by atoms with Crippen molar-refractivity contribution in [1.29, 1.82) is 0 Å². The minimum Gasteiger partial charge on any atom is -0.484 e. The van der Waals surface area contributed by atoms with Crippen molar-refractivity contribution in [2.45, 2.75) is 18.7 Å². The van der Waals surface area contributed by atoms with Gasteiger partial charge in [0, 0.05) is 12.2 Å². The fraction of sp³-hybridized carbons (Fsp3) is 0.235. The molecule has 0 spiro atoms. The van der Waals surface area contributed by atoms with Crippen molar-refractivity contribution in [3.63, 3.8) is 0 Å². The van der Waals surface area contributed by atoms with Gasteiger partial charge in [-0.1, -0.05) is 12.1 Å². The third-order valence-electron chi connectivity index (χ3n) is 3.15.